The molecule has 126 valence electrons. The minimum atomic E-state index is -0.492. The van der Waals surface area contributed by atoms with Crippen molar-refractivity contribution in [2.75, 3.05) is 0 Å². The van der Waals surface area contributed by atoms with E-state index in [9.17, 15) is 14.9 Å². The maximum Gasteiger partial charge on any atom is 0.270 e. The van der Waals surface area contributed by atoms with Crippen molar-refractivity contribution in [2.45, 2.75) is 19.3 Å². The first-order valence-corrected chi connectivity index (χ1v) is 7.91. The number of benzene rings is 2. The number of hydrogen-bond donors (Lipinski definition) is 1. The number of Topliss-reactive ketones (excluding diaryl/α,β-unsaturated/α-hetero) is 1. The van der Waals surface area contributed by atoms with E-state index in [-0.39, 0.29) is 23.8 Å². The number of carbonyl (C=O) groups excluding carboxylic acids is 1. The molecule has 0 bridgehead atoms. The van der Waals surface area contributed by atoms with Crippen molar-refractivity contribution < 1.29 is 9.72 Å². The van der Waals surface area contributed by atoms with Gasteiger partial charge in [-0.15, -0.1) is 0 Å². The summed E-state index contributed by atoms with van der Waals surface area (Å²) in [7, 11) is 0. The van der Waals surface area contributed by atoms with E-state index in [1.54, 1.807) is 18.6 Å². The van der Waals surface area contributed by atoms with Gasteiger partial charge >= 0.3 is 0 Å². The third-order valence-corrected chi connectivity index (χ3v) is 4.15. The minimum Gasteiger partial charge on any atom is -0.345 e. The maximum absolute atomic E-state index is 12.6. The predicted octanol–water partition coefficient (Wildman–Crippen LogP) is 4.36. The van der Waals surface area contributed by atoms with Crippen LogP contribution >= 0.6 is 0 Å². The second-order valence-electron chi connectivity index (χ2n) is 5.89. The van der Waals surface area contributed by atoms with E-state index in [0.29, 0.717) is 5.56 Å². The van der Waals surface area contributed by atoms with Gasteiger partial charge in [-0.1, -0.05) is 43.3 Å². The van der Waals surface area contributed by atoms with Crippen LogP contribution in [0.3, 0.4) is 0 Å². The summed E-state index contributed by atoms with van der Waals surface area (Å²) in [6.07, 6.45) is 3.63. The van der Waals surface area contributed by atoms with E-state index >= 15 is 0 Å². The normalized spacial score (nSPS) is 11.9. The number of hydrogen-bond acceptors (Lipinski definition) is 4. The summed E-state index contributed by atoms with van der Waals surface area (Å²) in [6, 6.07) is 13.7. The molecule has 25 heavy (non-hydrogen) atoms. The van der Waals surface area contributed by atoms with Gasteiger partial charge in [-0.3, -0.25) is 14.9 Å². The van der Waals surface area contributed by atoms with Crippen LogP contribution in [0.25, 0.3) is 11.3 Å². The Kier molecular flexibility index (Phi) is 4.70. The number of H-pyrrole nitrogens is 1. The first-order valence-electron chi connectivity index (χ1n) is 7.91. The summed E-state index contributed by atoms with van der Waals surface area (Å²) < 4.78 is 0. The van der Waals surface area contributed by atoms with Crippen molar-refractivity contribution in [1.29, 1.82) is 0 Å². The molecule has 1 heterocycles. The van der Waals surface area contributed by atoms with Crippen LogP contribution in [-0.2, 0) is 0 Å². The number of imidazole rings is 1. The van der Waals surface area contributed by atoms with Crippen LogP contribution in [-0.4, -0.2) is 20.7 Å². The Morgan fingerprint density at radius 3 is 2.76 bits per heavy atom. The molecule has 0 aliphatic carbocycles. The van der Waals surface area contributed by atoms with E-state index in [2.05, 4.69) is 9.97 Å². The Labute approximate surface area is 144 Å². The van der Waals surface area contributed by atoms with Crippen LogP contribution in [0, 0.1) is 10.1 Å². The number of non-ortho nitro benzene ring substituents is 1. The van der Waals surface area contributed by atoms with Crippen molar-refractivity contribution in [2.24, 2.45) is 0 Å². The zero-order chi connectivity index (χ0) is 17.8. The Morgan fingerprint density at radius 2 is 2.04 bits per heavy atom. The summed E-state index contributed by atoms with van der Waals surface area (Å²) >= 11 is 0. The fraction of sp³-hybridized carbons (Fsp3) is 0.158. The topological polar surface area (TPSA) is 88.9 Å². The van der Waals surface area contributed by atoms with Crippen LogP contribution in [0.15, 0.2) is 61.1 Å². The van der Waals surface area contributed by atoms with Crippen LogP contribution < -0.4 is 0 Å². The standard InChI is InChI=1S/C19H17N3O3/c1-13(9-19(23)14-5-4-6-15(10-14)22(24)25)16-7-2-3-8-17(16)18-11-20-12-21-18/h2-8,10-13H,9H2,1H3,(H,20,21). The lowest BCUT2D eigenvalue weighted by Crippen LogP contribution is -2.06. The zero-order valence-corrected chi connectivity index (χ0v) is 13.7. The molecule has 6 nitrogen and oxygen atoms in total. The number of nitrogens with one attached hydrogen (secondary N) is 1. The molecule has 1 unspecified atom stereocenters. The van der Waals surface area contributed by atoms with Crippen molar-refractivity contribution in [3.8, 4) is 11.3 Å². The number of ketones is 1. The van der Waals surface area contributed by atoms with Gasteiger partial charge in [-0.05, 0) is 11.5 Å². The molecule has 0 amide bonds. The third-order valence-electron chi connectivity index (χ3n) is 4.15. The number of nitro benzene ring substituents is 1. The molecule has 6 heteroatoms. The number of carbonyl (C=O) groups is 1. The zero-order valence-electron chi connectivity index (χ0n) is 13.7. The average molecular weight is 335 g/mol. The van der Waals surface area contributed by atoms with Crippen molar-refractivity contribution in [3.63, 3.8) is 0 Å². The van der Waals surface area contributed by atoms with E-state index in [4.69, 9.17) is 0 Å². The predicted molar refractivity (Wildman–Crippen MR) is 94.5 cm³/mol. The van der Waals surface area contributed by atoms with Crippen molar-refractivity contribution in [3.05, 3.63) is 82.3 Å². The van der Waals surface area contributed by atoms with Gasteiger partial charge in [0, 0.05) is 29.7 Å². The molecule has 3 aromatic rings. The SMILES string of the molecule is CC(CC(=O)c1cccc([N+](=O)[O-])c1)c1ccccc1-c1cnc[nH]1. The summed E-state index contributed by atoms with van der Waals surface area (Å²) in [5.41, 5.74) is 3.21. The largest absolute Gasteiger partial charge is 0.345 e. The summed E-state index contributed by atoms with van der Waals surface area (Å²) in [6.45, 7) is 1.98. The summed E-state index contributed by atoms with van der Waals surface area (Å²) in [5.74, 6) is -0.151. The number of nitrogens with zero attached hydrogens (tertiary/aromatic N) is 2. The number of nitro groups is 1. The smallest absolute Gasteiger partial charge is 0.270 e. The minimum absolute atomic E-state index is 0.0359. The van der Waals surface area contributed by atoms with Gasteiger partial charge < -0.3 is 4.98 Å². The molecule has 1 N–H and O–H groups in total. The van der Waals surface area contributed by atoms with E-state index in [0.717, 1.165) is 16.8 Å². The molecule has 0 fully saturated rings. The summed E-state index contributed by atoms with van der Waals surface area (Å²) in [5, 5.41) is 10.9. The van der Waals surface area contributed by atoms with Gasteiger partial charge in [-0.25, -0.2) is 4.98 Å². The number of aromatic amines is 1. The lowest BCUT2D eigenvalue weighted by atomic mass is 9.89. The van der Waals surface area contributed by atoms with Gasteiger partial charge in [0.25, 0.3) is 5.69 Å². The van der Waals surface area contributed by atoms with Gasteiger partial charge in [0.05, 0.1) is 23.1 Å². The first-order chi connectivity index (χ1) is 12.1. The lowest BCUT2D eigenvalue weighted by Gasteiger charge is -2.15. The molecule has 0 radical (unpaired) electrons. The molecule has 0 saturated carbocycles. The first kappa shape index (κ1) is 16.6. The van der Waals surface area contributed by atoms with Crippen LogP contribution in [0.1, 0.15) is 35.2 Å². The second kappa shape index (κ2) is 7.09. The molecule has 1 aromatic heterocycles. The lowest BCUT2D eigenvalue weighted by molar-refractivity contribution is -0.384. The monoisotopic (exact) mass is 335 g/mol. The van der Waals surface area contributed by atoms with E-state index < -0.39 is 4.92 Å². The highest BCUT2D eigenvalue weighted by molar-refractivity contribution is 5.97. The summed E-state index contributed by atoms with van der Waals surface area (Å²) in [4.78, 5) is 30.1. The Hall–Kier alpha value is -3.28. The van der Waals surface area contributed by atoms with Crippen LogP contribution in [0.5, 0.6) is 0 Å². The van der Waals surface area contributed by atoms with Crippen molar-refractivity contribution in [1.82, 2.24) is 9.97 Å². The Bertz CT molecular complexity index is 904. The molecule has 0 aliphatic rings. The number of rotatable bonds is 6. The Morgan fingerprint density at radius 1 is 1.24 bits per heavy atom. The quantitative estimate of drug-likeness (QED) is 0.412. The fourth-order valence-electron chi connectivity index (χ4n) is 2.87. The highest BCUT2D eigenvalue weighted by atomic mass is 16.6. The molecule has 0 saturated heterocycles. The van der Waals surface area contributed by atoms with Gasteiger partial charge in [-0.2, -0.15) is 0 Å². The van der Waals surface area contributed by atoms with E-state index in [1.807, 2.05) is 31.2 Å². The molecular formula is C19H17N3O3. The highest BCUT2D eigenvalue weighted by Gasteiger charge is 2.18. The van der Waals surface area contributed by atoms with Gasteiger partial charge in [0.15, 0.2) is 5.78 Å². The third kappa shape index (κ3) is 3.63. The van der Waals surface area contributed by atoms with Crippen LogP contribution in [0.2, 0.25) is 0 Å². The van der Waals surface area contributed by atoms with Crippen LogP contribution in [0.4, 0.5) is 5.69 Å². The second-order valence-corrected chi connectivity index (χ2v) is 5.89. The highest BCUT2D eigenvalue weighted by Crippen LogP contribution is 2.30. The van der Waals surface area contributed by atoms with Gasteiger partial charge in [0.1, 0.15) is 0 Å². The fourth-order valence-corrected chi connectivity index (χ4v) is 2.87. The molecule has 3 rings (SSSR count). The molecule has 0 aliphatic heterocycles. The molecular weight excluding hydrogens is 318 g/mol. The maximum atomic E-state index is 12.6. The molecule has 0 spiro atoms. The molecule has 2 aromatic carbocycles. The van der Waals surface area contributed by atoms with Crippen molar-refractivity contribution >= 4 is 11.5 Å². The van der Waals surface area contributed by atoms with E-state index in [1.165, 1.54) is 18.2 Å². The van der Waals surface area contributed by atoms with Gasteiger partial charge in [0.2, 0.25) is 0 Å². The average Bonchev–Trinajstić information content (AvgIpc) is 3.16. The molecule has 1 atom stereocenters. The Balaban J connectivity index is 1.83. The number of aromatic nitrogens is 2.